The van der Waals surface area contributed by atoms with E-state index in [1.807, 2.05) is 0 Å². The number of likely N-dealkylation sites (tertiary alicyclic amines) is 1. The quantitative estimate of drug-likeness (QED) is 0.628. The lowest BCUT2D eigenvalue weighted by molar-refractivity contribution is -0.113. The number of hydrogen-bond donors (Lipinski definition) is 1. The zero-order valence-electron chi connectivity index (χ0n) is 13.1. The van der Waals surface area contributed by atoms with Crippen LogP contribution >= 0.6 is 35.3 Å². The molecule has 2 heterocycles. The van der Waals surface area contributed by atoms with Crippen molar-refractivity contribution in [1.29, 1.82) is 0 Å². The Morgan fingerprint density at radius 2 is 2.13 bits per heavy atom. The molecule has 6 nitrogen and oxygen atoms in total. The number of ether oxygens (including phenoxy) is 1. The molecule has 9 heteroatoms. The summed E-state index contributed by atoms with van der Waals surface area (Å²) >= 11 is 7.80. The molecule has 0 aliphatic carbocycles. The Kier molecular flexibility index (Phi) is 6.79. The van der Waals surface area contributed by atoms with E-state index in [1.165, 1.54) is 11.8 Å². The van der Waals surface area contributed by atoms with Crippen LogP contribution in [0.15, 0.2) is 0 Å². The number of esters is 1. The first-order valence-electron chi connectivity index (χ1n) is 7.37. The molecule has 0 saturated carbocycles. The van der Waals surface area contributed by atoms with E-state index in [4.69, 9.17) is 17.0 Å². The Morgan fingerprint density at radius 1 is 1.43 bits per heavy atom. The second kappa shape index (κ2) is 8.60. The Hall–Kier alpha value is -1.19. The van der Waals surface area contributed by atoms with Gasteiger partial charge in [0.15, 0.2) is 5.13 Å². The van der Waals surface area contributed by atoms with Crippen LogP contribution in [0, 0.1) is 6.92 Å². The summed E-state index contributed by atoms with van der Waals surface area (Å²) in [6, 6.07) is 0. The number of amides is 1. The average molecular weight is 374 g/mol. The molecule has 1 aliphatic heterocycles. The van der Waals surface area contributed by atoms with Crippen molar-refractivity contribution in [2.45, 2.75) is 26.7 Å². The number of aryl methyl sites for hydroxylation is 1. The number of aromatic nitrogens is 1. The van der Waals surface area contributed by atoms with Crippen LogP contribution in [0.4, 0.5) is 5.13 Å². The van der Waals surface area contributed by atoms with Crippen LogP contribution in [0.1, 0.15) is 35.1 Å². The second-order valence-corrected chi connectivity index (χ2v) is 7.56. The summed E-state index contributed by atoms with van der Waals surface area (Å²) < 4.78 is 5.72. The van der Waals surface area contributed by atoms with Crippen LogP contribution in [0.25, 0.3) is 0 Å². The highest BCUT2D eigenvalue weighted by Crippen LogP contribution is 2.24. The number of thioether (sulfide) groups is 1. The summed E-state index contributed by atoms with van der Waals surface area (Å²) in [6.45, 7) is 5.72. The zero-order chi connectivity index (χ0) is 16.8. The lowest BCUT2D eigenvalue weighted by Crippen LogP contribution is -2.25. The number of thiazole rings is 1. The van der Waals surface area contributed by atoms with Crippen LogP contribution in [-0.2, 0) is 9.53 Å². The molecular weight excluding hydrogens is 354 g/mol. The fourth-order valence-electron chi connectivity index (χ4n) is 2.11. The summed E-state index contributed by atoms with van der Waals surface area (Å²) in [5, 5.41) is 3.11. The smallest absolute Gasteiger partial charge is 0.350 e. The van der Waals surface area contributed by atoms with Crippen molar-refractivity contribution in [3.05, 3.63) is 10.6 Å². The van der Waals surface area contributed by atoms with Gasteiger partial charge in [-0.15, -0.1) is 0 Å². The fourth-order valence-corrected chi connectivity index (χ4v) is 4.04. The topological polar surface area (TPSA) is 71.5 Å². The second-order valence-electron chi connectivity index (χ2n) is 4.95. The largest absolute Gasteiger partial charge is 0.462 e. The van der Waals surface area contributed by atoms with Gasteiger partial charge in [-0.3, -0.25) is 4.79 Å². The van der Waals surface area contributed by atoms with Gasteiger partial charge in [0.1, 0.15) is 9.20 Å². The van der Waals surface area contributed by atoms with Gasteiger partial charge in [0, 0.05) is 13.1 Å². The van der Waals surface area contributed by atoms with Gasteiger partial charge in [-0.25, -0.2) is 9.78 Å². The van der Waals surface area contributed by atoms with Gasteiger partial charge in [-0.05, 0) is 26.7 Å². The summed E-state index contributed by atoms with van der Waals surface area (Å²) in [4.78, 5) is 30.5. The lowest BCUT2D eigenvalue weighted by Gasteiger charge is -2.17. The van der Waals surface area contributed by atoms with E-state index in [9.17, 15) is 9.59 Å². The maximum Gasteiger partial charge on any atom is 0.350 e. The van der Waals surface area contributed by atoms with Gasteiger partial charge in [0.2, 0.25) is 5.91 Å². The molecule has 0 spiro atoms. The highest BCUT2D eigenvalue weighted by molar-refractivity contribution is 8.23. The van der Waals surface area contributed by atoms with Gasteiger partial charge < -0.3 is 15.0 Å². The zero-order valence-corrected chi connectivity index (χ0v) is 15.5. The van der Waals surface area contributed by atoms with Gasteiger partial charge in [0.25, 0.3) is 0 Å². The molecule has 126 valence electrons. The Bertz CT molecular complexity index is 597. The molecule has 1 fully saturated rings. The predicted molar refractivity (Wildman–Crippen MR) is 97.3 cm³/mol. The van der Waals surface area contributed by atoms with Crippen LogP contribution in [0.3, 0.4) is 0 Å². The highest BCUT2D eigenvalue weighted by Gasteiger charge is 2.19. The van der Waals surface area contributed by atoms with Crippen LogP contribution in [0.2, 0.25) is 0 Å². The standard InChI is InChI=1S/C14H19N3O3S3/c1-3-20-12(19)11-9(2)15-13(23-11)16-10(18)8-22-14(21)17-6-4-5-7-17/h3-8H2,1-2H3,(H,15,16,18). The third-order valence-electron chi connectivity index (χ3n) is 3.19. The number of hydrogen-bond acceptors (Lipinski definition) is 7. The fraction of sp³-hybridized carbons (Fsp3) is 0.571. The van der Waals surface area contributed by atoms with Crippen LogP contribution in [-0.4, -0.2) is 51.5 Å². The Labute approximate surface area is 149 Å². The number of nitrogens with zero attached hydrogens (tertiary/aromatic N) is 2. The van der Waals surface area contributed by atoms with Crippen molar-refractivity contribution in [3.8, 4) is 0 Å². The Morgan fingerprint density at radius 3 is 2.78 bits per heavy atom. The van der Waals surface area contributed by atoms with E-state index >= 15 is 0 Å². The van der Waals surface area contributed by atoms with Crippen LogP contribution < -0.4 is 5.32 Å². The van der Waals surface area contributed by atoms with E-state index in [2.05, 4.69) is 15.2 Å². The molecular formula is C14H19N3O3S3. The number of thiocarbonyl (C=S) groups is 1. The third-order valence-corrected chi connectivity index (χ3v) is 5.77. The van der Waals surface area contributed by atoms with Crippen molar-refractivity contribution < 1.29 is 14.3 Å². The summed E-state index contributed by atoms with van der Waals surface area (Å²) in [5.41, 5.74) is 0.559. The monoisotopic (exact) mass is 373 g/mol. The average Bonchev–Trinajstić information content (AvgIpc) is 3.15. The van der Waals surface area contributed by atoms with E-state index in [-0.39, 0.29) is 11.7 Å². The molecule has 1 N–H and O–H groups in total. The summed E-state index contributed by atoms with van der Waals surface area (Å²) in [6.07, 6.45) is 2.31. The normalized spacial score (nSPS) is 13.9. The first kappa shape index (κ1) is 18.2. The number of carbonyl (C=O) groups is 2. The first-order chi connectivity index (χ1) is 11.0. The molecule has 23 heavy (non-hydrogen) atoms. The van der Waals surface area contributed by atoms with Crippen molar-refractivity contribution >= 4 is 56.6 Å². The maximum atomic E-state index is 12.0. The number of carbonyl (C=O) groups excluding carboxylic acids is 2. The highest BCUT2D eigenvalue weighted by atomic mass is 32.2. The van der Waals surface area contributed by atoms with Gasteiger partial charge >= 0.3 is 5.97 Å². The third kappa shape index (κ3) is 5.15. The molecule has 1 aromatic heterocycles. The van der Waals surface area contributed by atoms with Gasteiger partial charge in [-0.2, -0.15) is 0 Å². The minimum Gasteiger partial charge on any atom is -0.462 e. The minimum atomic E-state index is -0.410. The van der Waals surface area contributed by atoms with Crippen molar-refractivity contribution in [2.75, 3.05) is 30.8 Å². The first-order valence-corrected chi connectivity index (χ1v) is 9.58. The SMILES string of the molecule is CCOC(=O)c1sc(NC(=O)CSC(=S)N2CCCC2)nc1C. The predicted octanol–water partition coefficient (Wildman–Crippen LogP) is 2.68. The van der Waals surface area contributed by atoms with Crippen molar-refractivity contribution in [1.82, 2.24) is 9.88 Å². The molecule has 0 bridgehead atoms. The number of nitrogens with one attached hydrogen (secondary N) is 1. The van der Waals surface area contributed by atoms with E-state index in [1.54, 1.807) is 13.8 Å². The molecule has 0 aromatic carbocycles. The maximum absolute atomic E-state index is 12.0. The van der Waals surface area contributed by atoms with Crippen molar-refractivity contribution in [2.24, 2.45) is 0 Å². The molecule has 0 unspecified atom stereocenters. The summed E-state index contributed by atoms with van der Waals surface area (Å²) in [7, 11) is 0. The Balaban J connectivity index is 1.84. The van der Waals surface area contributed by atoms with E-state index in [0.29, 0.717) is 22.3 Å². The molecule has 1 saturated heterocycles. The number of anilines is 1. The molecule has 1 amide bonds. The van der Waals surface area contributed by atoms with Gasteiger partial charge in [-0.1, -0.05) is 35.3 Å². The minimum absolute atomic E-state index is 0.180. The molecule has 0 radical (unpaired) electrons. The van der Waals surface area contributed by atoms with Crippen LogP contribution in [0.5, 0.6) is 0 Å². The summed E-state index contributed by atoms with van der Waals surface area (Å²) in [5.74, 6) is -0.351. The molecule has 2 rings (SSSR count). The molecule has 1 aromatic rings. The molecule has 0 atom stereocenters. The molecule has 1 aliphatic rings. The van der Waals surface area contributed by atoms with E-state index < -0.39 is 5.97 Å². The van der Waals surface area contributed by atoms with E-state index in [0.717, 1.165) is 41.6 Å². The van der Waals surface area contributed by atoms with Crippen molar-refractivity contribution in [3.63, 3.8) is 0 Å². The number of rotatable bonds is 5. The lowest BCUT2D eigenvalue weighted by atomic mass is 10.4. The van der Waals surface area contributed by atoms with Gasteiger partial charge in [0.05, 0.1) is 18.1 Å².